The van der Waals surface area contributed by atoms with E-state index in [9.17, 15) is 22.8 Å². The lowest BCUT2D eigenvalue weighted by Gasteiger charge is -2.26. The van der Waals surface area contributed by atoms with E-state index in [1.54, 1.807) is 60.7 Å². The number of ether oxygens (including phenoxy) is 2. The molecule has 1 aliphatic heterocycles. The minimum Gasteiger partial charge on any atom is -0.457 e. The molecule has 0 fully saturated rings. The van der Waals surface area contributed by atoms with E-state index in [0.29, 0.717) is 40.1 Å². The maximum Gasteiger partial charge on any atom is 0.421 e. The summed E-state index contributed by atoms with van der Waals surface area (Å²) in [5.74, 6) is -1.47. The van der Waals surface area contributed by atoms with Gasteiger partial charge >= 0.3 is 12.1 Å². The third-order valence-corrected chi connectivity index (χ3v) is 10.2. The number of hydrazine groups is 1. The molecule has 10 nitrogen and oxygen atoms in total. The van der Waals surface area contributed by atoms with Gasteiger partial charge in [-0.05, 0) is 42.4 Å². The van der Waals surface area contributed by atoms with Crippen LogP contribution in [0.5, 0.6) is 0 Å². The first kappa shape index (κ1) is 39.9. The summed E-state index contributed by atoms with van der Waals surface area (Å²) >= 11 is 0. The van der Waals surface area contributed by atoms with E-state index in [2.05, 4.69) is 5.43 Å². The molecule has 0 saturated carbocycles. The Balaban J connectivity index is 1.40. The summed E-state index contributed by atoms with van der Waals surface area (Å²) in [6.45, 7) is 10.1. The molecule has 12 heteroatoms. The van der Waals surface area contributed by atoms with Crippen molar-refractivity contribution in [2.75, 3.05) is 13.2 Å². The van der Waals surface area contributed by atoms with Crippen molar-refractivity contribution in [2.45, 2.75) is 65.0 Å². The monoisotopic (exact) mass is 755 g/mol. The van der Waals surface area contributed by atoms with Crippen molar-refractivity contribution in [3.63, 3.8) is 0 Å². The first-order valence-corrected chi connectivity index (χ1v) is 19.5. The maximum atomic E-state index is 16.0. The van der Waals surface area contributed by atoms with Gasteiger partial charge in [0.25, 0.3) is 10.0 Å². The van der Waals surface area contributed by atoms with E-state index in [1.807, 2.05) is 50.4 Å². The van der Waals surface area contributed by atoms with Crippen LogP contribution in [0.4, 0.5) is 9.18 Å². The van der Waals surface area contributed by atoms with Crippen LogP contribution in [0, 0.1) is 17.7 Å². The molecule has 284 valence electrons. The smallest absolute Gasteiger partial charge is 0.421 e. The lowest BCUT2D eigenvalue weighted by atomic mass is 9.93. The van der Waals surface area contributed by atoms with Crippen molar-refractivity contribution in [1.29, 1.82) is 0 Å². The average molecular weight is 756 g/mol. The molecule has 0 aliphatic carbocycles. The Kier molecular flexibility index (Phi) is 13.0. The Morgan fingerprint density at radius 2 is 1.56 bits per heavy atom. The van der Waals surface area contributed by atoms with Gasteiger partial charge in [0.1, 0.15) is 12.4 Å². The SMILES string of the molecule is CCCN1NC(C(C)C)=C(C(=O)OCc2ccccc2C(=O)c2ccccc2)C1Cc1ccc(-c2ccccc2S(=O)(=O)NC(=O)OCC(C)C)c(F)c1. The lowest BCUT2D eigenvalue weighted by molar-refractivity contribution is -0.141. The summed E-state index contributed by atoms with van der Waals surface area (Å²) in [5.41, 5.74) is 6.71. The summed E-state index contributed by atoms with van der Waals surface area (Å²) in [6.07, 6.45) is -0.120. The van der Waals surface area contributed by atoms with Crippen LogP contribution in [0.15, 0.2) is 113 Å². The number of carbonyl (C=O) groups is 3. The molecule has 1 amide bonds. The number of amides is 1. The van der Waals surface area contributed by atoms with Crippen LogP contribution in [0.3, 0.4) is 0 Å². The van der Waals surface area contributed by atoms with Crippen LogP contribution in [-0.2, 0) is 37.3 Å². The number of sulfonamides is 1. The second kappa shape index (κ2) is 17.7. The Morgan fingerprint density at radius 1 is 0.870 bits per heavy atom. The van der Waals surface area contributed by atoms with Crippen molar-refractivity contribution in [3.05, 3.63) is 136 Å². The van der Waals surface area contributed by atoms with E-state index in [0.717, 1.165) is 6.42 Å². The topological polar surface area (TPSA) is 131 Å². The van der Waals surface area contributed by atoms with Gasteiger partial charge in [-0.3, -0.25) is 4.79 Å². The third kappa shape index (κ3) is 9.42. The van der Waals surface area contributed by atoms with Crippen molar-refractivity contribution >= 4 is 27.9 Å². The Morgan fingerprint density at radius 3 is 2.24 bits per heavy atom. The zero-order chi connectivity index (χ0) is 39.0. The number of hydrogen-bond donors (Lipinski definition) is 2. The molecule has 0 bridgehead atoms. The zero-order valence-corrected chi connectivity index (χ0v) is 31.9. The van der Waals surface area contributed by atoms with E-state index in [-0.39, 0.29) is 53.3 Å². The molecule has 1 atom stereocenters. The quantitative estimate of drug-likeness (QED) is 0.0931. The van der Waals surface area contributed by atoms with Crippen molar-refractivity contribution < 1.29 is 36.7 Å². The molecule has 2 N–H and O–H groups in total. The molecular formula is C42H46FN3O7S. The first-order valence-electron chi connectivity index (χ1n) is 18.0. The predicted molar refractivity (Wildman–Crippen MR) is 204 cm³/mol. The highest BCUT2D eigenvalue weighted by Gasteiger charge is 2.38. The molecule has 1 aliphatic rings. The second-order valence-electron chi connectivity index (χ2n) is 13.8. The third-order valence-electron chi connectivity index (χ3n) is 8.88. The Labute approximate surface area is 316 Å². The number of carbonyl (C=O) groups excluding carboxylic acids is 3. The van der Waals surface area contributed by atoms with E-state index in [1.165, 1.54) is 30.3 Å². The first-order chi connectivity index (χ1) is 25.8. The minimum absolute atomic E-state index is 0.00112. The number of esters is 1. The van der Waals surface area contributed by atoms with Crippen LogP contribution >= 0.6 is 0 Å². The normalized spacial score (nSPS) is 14.6. The van der Waals surface area contributed by atoms with Gasteiger partial charge in [-0.25, -0.2) is 32.1 Å². The minimum atomic E-state index is -4.41. The van der Waals surface area contributed by atoms with Gasteiger partial charge in [0.2, 0.25) is 0 Å². The van der Waals surface area contributed by atoms with Gasteiger partial charge in [0.15, 0.2) is 5.78 Å². The molecular weight excluding hydrogens is 710 g/mol. The molecule has 0 aromatic heterocycles. The second-order valence-corrected chi connectivity index (χ2v) is 15.5. The molecule has 0 saturated heterocycles. The lowest BCUT2D eigenvalue weighted by Crippen LogP contribution is -2.42. The molecule has 54 heavy (non-hydrogen) atoms. The summed E-state index contributed by atoms with van der Waals surface area (Å²) in [7, 11) is -4.41. The molecule has 4 aromatic rings. The van der Waals surface area contributed by atoms with Crippen LogP contribution in [0.2, 0.25) is 0 Å². The van der Waals surface area contributed by atoms with Crippen LogP contribution in [0.25, 0.3) is 11.1 Å². The number of benzene rings is 4. The number of ketones is 1. The fourth-order valence-corrected chi connectivity index (χ4v) is 7.41. The molecule has 1 unspecified atom stereocenters. The highest BCUT2D eigenvalue weighted by molar-refractivity contribution is 7.90. The van der Waals surface area contributed by atoms with Crippen molar-refractivity contribution in [3.8, 4) is 11.1 Å². The fraction of sp³-hybridized carbons (Fsp3) is 0.310. The van der Waals surface area contributed by atoms with Crippen molar-refractivity contribution in [1.82, 2.24) is 15.2 Å². The molecule has 1 heterocycles. The average Bonchev–Trinajstić information content (AvgIpc) is 3.51. The highest BCUT2D eigenvalue weighted by atomic mass is 32.2. The highest BCUT2D eigenvalue weighted by Crippen LogP contribution is 2.33. The number of rotatable bonds is 15. The molecule has 0 spiro atoms. The van der Waals surface area contributed by atoms with Gasteiger partial charge in [0, 0.05) is 40.1 Å². The number of nitrogens with one attached hydrogen (secondary N) is 2. The largest absolute Gasteiger partial charge is 0.457 e. The number of halogens is 1. The van der Waals surface area contributed by atoms with Gasteiger partial charge in [-0.2, -0.15) is 0 Å². The molecule has 0 radical (unpaired) electrons. The predicted octanol–water partition coefficient (Wildman–Crippen LogP) is 7.59. The molecule has 5 rings (SSSR count). The summed E-state index contributed by atoms with van der Waals surface area (Å²) in [4.78, 5) is 39.3. The summed E-state index contributed by atoms with van der Waals surface area (Å²) in [6, 6.07) is 25.7. The number of nitrogens with zero attached hydrogens (tertiary/aromatic N) is 1. The standard InChI is InChI=1S/C42H46FN3O7S/c1-6-22-46-36(24-29-20-21-33(35(43)23-29)34-18-12-13-19-37(34)54(50,51)45-42(49)53-25-27(2)3)38(39(44-46)28(4)5)41(48)52-26-31-16-10-11-17-32(31)40(47)30-14-8-7-9-15-30/h7-21,23,27-28,36,44H,6,22,24-26H2,1-5H3,(H,45,49). The Hall–Kier alpha value is -5.33. The van der Waals surface area contributed by atoms with Gasteiger partial charge in [-0.15, -0.1) is 0 Å². The fourth-order valence-electron chi connectivity index (χ4n) is 6.30. The van der Waals surface area contributed by atoms with Crippen LogP contribution < -0.4 is 10.1 Å². The van der Waals surface area contributed by atoms with E-state index >= 15 is 4.39 Å². The van der Waals surface area contributed by atoms with Crippen molar-refractivity contribution in [2.24, 2.45) is 11.8 Å². The molecule has 4 aromatic carbocycles. The summed E-state index contributed by atoms with van der Waals surface area (Å²) in [5, 5.41) is 1.95. The van der Waals surface area contributed by atoms with Gasteiger partial charge < -0.3 is 14.9 Å². The van der Waals surface area contributed by atoms with Gasteiger partial charge in [-0.1, -0.05) is 120 Å². The van der Waals surface area contributed by atoms with Gasteiger partial charge in [0.05, 0.1) is 23.1 Å². The maximum absolute atomic E-state index is 16.0. The number of hydrogen-bond acceptors (Lipinski definition) is 9. The van der Waals surface area contributed by atoms with Crippen LogP contribution in [0.1, 0.15) is 68.1 Å². The number of allylic oxidation sites excluding steroid dienone is 1. The van der Waals surface area contributed by atoms with E-state index in [4.69, 9.17) is 9.47 Å². The Bertz CT molecular complexity index is 2130. The zero-order valence-electron chi connectivity index (χ0n) is 31.1. The summed E-state index contributed by atoms with van der Waals surface area (Å²) < 4.78 is 55.3. The van der Waals surface area contributed by atoms with E-state index < -0.39 is 33.9 Å². The van der Waals surface area contributed by atoms with Crippen LogP contribution in [-0.4, -0.2) is 50.5 Å².